The van der Waals surface area contributed by atoms with Crippen LogP contribution < -0.4 is 10.1 Å². The summed E-state index contributed by atoms with van der Waals surface area (Å²) in [6, 6.07) is 1.73. The van der Waals surface area contributed by atoms with Crippen LogP contribution >= 0.6 is 0 Å². The van der Waals surface area contributed by atoms with Gasteiger partial charge in [0.1, 0.15) is 0 Å². The van der Waals surface area contributed by atoms with Crippen LogP contribution in [-0.2, 0) is 0 Å². The molecule has 1 heterocycles. The Labute approximate surface area is 89.5 Å². The molecule has 5 nitrogen and oxygen atoms in total. The van der Waals surface area contributed by atoms with Crippen molar-refractivity contribution in [3.8, 4) is 5.88 Å². The molecule has 0 radical (unpaired) electrons. The highest BCUT2D eigenvalue weighted by atomic mass is 16.5. The van der Waals surface area contributed by atoms with Gasteiger partial charge in [-0.1, -0.05) is 6.92 Å². The molecule has 1 rings (SSSR count). The first-order chi connectivity index (χ1) is 7.36. The number of hydrogen-bond acceptors (Lipinski definition) is 5. The Bertz CT molecular complexity index is 281. The molecule has 0 fully saturated rings. The van der Waals surface area contributed by atoms with Gasteiger partial charge in [-0.2, -0.15) is 4.98 Å². The summed E-state index contributed by atoms with van der Waals surface area (Å²) in [7, 11) is 0. The van der Waals surface area contributed by atoms with E-state index in [-0.39, 0.29) is 6.61 Å². The molecule has 0 aromatic carbocycles. The van der Waals surface area contributed by atoms with E-state index in [4.69, 9.17) is 9.84 Å². The molecule has 0 saturated carbocycles. The van der Waals surface area contributed by atoms with Gasteiger partial charge in [0.25, 0.3) is 0 Å². The molecule has 0 aliphatic carbocycles. The van der Waals surface area contributed by atoms with E-state index in [0.29, 0.717) is 31.4 Å². The minimum absolute atomic E-state index is 0.166. The molecule has 0 atom stereocenters. The van der Waals surface area contributed by atoms with Gasteiger partial charge in [0.15, 0.2) is 0 Å². The number of nitrogens with zero attached hydrogens (tertiary/aromatic N) is 2. The first-order valence-electron chi connectivity index (χ1n) is 5.17. The smallest absolute Gasteiger partial charge is 0.225 e. The predicted octanol–water partition coefficient (Wildman–Crippen LogP) is 1.06. The Balaban J connectivity index is 2.42. The van der Waals surface area contributed by atoms with Crippen molar-refractivity contribution in [1.82, 2.24) is 9.97 Å². The van der Waals surface area contributed by atoms with Crippen LogP contribution in [0.5, 0.6) is 5.88 Å². The standard InChI is InChI=1S/C10H17N3O2/c1-2-8-15-9-4-6-12-10(13-9)11-5-3-7-14/h4,6,14H,2-3,5,7-8H2,1H3,(H,11,12,13). The van der Waals surface area contributed by atoms with Crippen LogP contribution in [0.25, 0.3) is 0 Å². The molecule has 0 spiro atoms. The Morgan fingerprint density at radius 1 is 1.53 bits per heavy atom. The molecule has 5 heteroatoms. The maximum Gasteiger partial charge on any atom is 0.225 e. The number of aliphatic hydroxyl groups excluding tert-OH is 1. The summed E-state index contributed by atoms with van der Waals surface area (Å²) < 4.78 is 5.36. The fourth-order valence-corrected chi connectivity index (χ4v) is 0.994. The summed E-state index contributed by atoms with van der Waals surface area (Å²) in [6.07, 6.45) is 3.29. The van der Waals surface area contributed by atoms with Gasteiger partial charge in [0.2, 0.25) is 11.8 Å². The Morgan fingerprint density at radius 3 is 3.13 bits per heavy atom. The van der Waals surface area contributed by atoms with Crippen LogP contribution in [0.2, 0.25) is 0 Å². The number of hydrogen-bond donors (Lipinski definition) is 2. The summed E-state index contributed by atoms with van der Waals surface area (Å²) in [5.74, 6) is 1.12. The molecular weight excluding hydrogens is 194 g/mol. The van der Waals surface area contributed by atoms with Gasteiger partial charge in [-0.15, -0.1) is 0 Å². The Morgan fingerprint density at radius 2 is 2.40 bits per heavy atom. The molecule has 0 aliphatic rings. The van der Waals surface area contributed by atoms with Crippen LogP contribution in [0, 0.1) is 0 Å². The van der Waals surface area contributed by atoms with Crippen molar-refractivity contribution >= 4 is 5.95 Å². The van der Waals surface area contributed by atoms with Crippen molar-refractivity contribution in [3.63, 3.8) is 0 Å². The van der Waals surface area contributed by atoms with E-state index >= 15 is 0 Å². The third kappa shape index (κ3) is 4.60. The van der Waals surface area contributed by atoms with Crippen molar-refractivity contribution in [2.45, 2.75) is 19.8 Å². The predicted molar refractivity (Wildman–Crippen MR) is 58.0 cm³/mol. The van der Waals surface area contributed by atoms with Crippen molar-refractivity contribution in [3.05, 3.63) is 12.3 Å². The number of aliphatic hydroxyl groups is 1. The monoisotopic (exact) mass is 211 g/mol. The van der Waals surface area contributed by atoms with E-state index in [9.17, 15) is 0 Å². The van der Waals surface area contributed by atoms with Crippen LogP contribution in [0.3, 0.4) is 0 Å². The Hall–Kier alpha value is -1.36. The maximum absolute atomic E-state index is 8.61. The van der Waals surface area contributed by atoms with Gasteiger partial charge in [0.05, 0.1) is 6.61 Å². The van der Waals surface area contributed by atoms with E-state index in [1.165, 1.54) is 0 Å². The minimum atomic E-state index is 0.166. The van der Waals surface area contributed by atoms with Crippen molar-refractivity contribution in [2.75, 3.05) is 25.1 Å². The molecule has 0 amide bonds. The molecule has 15 heavy (non-hydrogen) atoms. The van der Waals surface area contributed by atoms with Crippen molar-refractivity contribution in [2.24, 2.45) is 0 Å². The SMILES string of the molecule is CCCOc1ccnc(NCCCO)n1. The van der Waals surface area contributed by atoms with Gasteiger partial charge < -0.3 is 15.2 Å². The molecule has 0 bridgehead atoms. The quantitative estimate of drug-likeness (QED) is 0.660. The topological polar surface area (TPSA) is 67.3 Å². The molecule has 2 N–H and O–H groups in total. The maximum atomic E-state index is 8.61. The lowest BCUT2D eigenvalue weighted by Gasteiger charge is -2.06. The third-order valence-corrected chi connectivity index (χ3v) is 1.70. The van der Waals surface area contributed by atoms with E-state index in [1.54, 1.807) is 12.3 Å². The third-order valence-electron chi connectivity index (χ3n) is 1.70. The zero-order chi connectivity index (χ0) is 10.9. The average Bonchev–Trinajstić information content (AvgIpc) is 2.27. The van der Waals surface area contributed by atoms with E-state index < -0.39 is 0 Å². The van der Waals surface area contributed by atoms with E-state index in [2.05, 4.69) is 15.3 Å². The number of nitrogens with one attached hydrogen (secondary N) is 1. The van der Waals surface area contributed by atoms with E-state index in [1.807, 2.05) is 6.92 Å². The molecule has 84 valence electrons. The van der Waals surface area contributed by atoms with Crippen LogP contribution in [-0.4, -0.2) is 34.8 Å². The first kappa shape index (κ1) is 11.7. The normalized spacial score (nSPS) is 10.0. The fraction of sp³-hybridized carbons (Fsp3) is 0.600. The van der Waals surface area contributed by atoms with Crippen LogP contribution in [0.15, 0.2) is 12.3 Å². The summed E-state index contributed by atoms with van der Waals surface area (Å²) in [5, 5.41) is 11.6. The highest BCUT2D eigenvalue weighted by Crippen LogP contribution is 2.08. The largest absolute Gasteiger partial charge is 0.478 e. The second-order valence-corrected chi connectivity index (χ2v) is 3.07. The lowest BCUT2D eigenvalue weighted by Crippen LogP contribution is -2.07. The summed E-state index contributed by atoms with van der Waals surface area (Å²) in [6.45, 7) is 3.53. The first-order valence-corrected chi connectivity index (χ1v) is 5.17. The number of rotatable bonds is 7. The second kappa shape index (κ2) is 7.00. The zero-order valence-corrected chi connectivity index (χ0v) is 8.94. The zero-order valence-electron chi connectivity index (χ0n) is 8.94. The van der Waals surface area contributed by atoms with Gasteiger partial charge in [-0.05, 0) is 12.8 Å². The number of ether oxygens (including phenoxy) is 1. The van der Waals surface area contributed by atoms with Gasteiger partial charge in [0, 0.05) is 25.4 Å². The second-order valence-electron chi connectivity index (χ2n) is 3.07. The lowest BCUT2D eigenvalue weighted by atomic mass is 10.4. The average molecular weight is 211 g/mol. The van der Waals surface area contributed by atoms with Gasteiger partial charge in [-0.25, -0.2) is 4.98 Å². The fourth-order valence-electron chi connectivity index (χ4n) is 0.994. The van der Waals surface area contributed by atoms with Crippen LogP contribution in [0.4, 0.5) is 5.95 Å². The number of aromatic nitrogens is 2. The van der Waals surface area contributed by atoms with Crippen LogP contribution in [0.1, 0.15) is 19.8 Å². The highest BCUT2D eigenvalue weighted by Gasteiger charge is 1.98. The molecule has 0 unspecified atom stereocenters. The molecular formula is C10H17N3O2. The molecule has 1 aromatic rings. The summed E-state index contributed by atoms with van der Waals surface area (Å²) in [4.78, 5) is 8.19. The lowest BCUT2D eigenvalue weighted by molar-refractivity contribution is 0.292. The van der Waals surface area contributed by atoms with Crippen molar-refractivity contribution < 1.29 is 9.84 Å². The van der Waals surface area contributed by atoms with Gasteiger partial charge >= 0.3 is 0 Å². The summed E-state index contributed by atoms with van der Waals surface area (Å²) in [5.41, 5.74) is 0. The molecule has 0 saturated heterocycles. The molecule has 0 aliphatic heterocycles. The van der Waals surface area contributed by atoms with E-state index in [0.717, 1.165) is 6.42 Å². The summed E-state index contributed by atoms with van der Waals surface area (Å²) >= 11 is 0. The number of anilines is 1. The Kier molecular flexibility index (Phi) is 5.47. The van der Waals surface area contributed by atoms with Crippen molar-refractivity contribution in [1.29, 1.82) is 0 Å². The highest BCUT2D eigenvalue weighted by molar-refractivity contribution is 5.27. The molecule has 1 aromatic heterocycles. The minimum Gasteiger partial charge on any atom is -0.478 e. The van der Waals surface area contributed by atoms with Gasteiger partial charge in [-0.3, -0.25) is 0 Å².